The molecule has 0 bridgehead atoms. The number of rotatable bonds is 5. The van der Waals surface area contributed by atoms with Gasteiger partial charge in [-0.3, -0.25) is 4.79 Å². The van der Waals surface area contributed by atoms with E-state index in [1.807, 2.05) is 6.92 Å². The van der Waals surface area contributed by atoms with Crippen LogP contribution in [0.25, 0.3) is 0 Å². The molecule has 0 atom stereocenters. The van der Waals surface area contributed by atoms with Crippen LogP contribution in [0.5, 0.6) is 6.01 Å². The smallest absolute Gasteiger partial charge is 0.316 e. The number of ether oxygens (including phenoxy) is 2. The normalized spacial score (nSPS) is 17.5. The van der Waals surface area contributed by atoms with Gasteiger partial charge in [0.15, 0.2) is 0 Å². The van der Waals surface area contributed by atoms with Crippen molar-refractivity contribution in [3.8, 4) is 6.01 Å². The summed E-state index contributed by atoms with van der Waals surface area (Å²) in [7, 11) is 0. The minimum absolute atomic E-state index is 0.156. The SMILES string of the molecule is CCOC(=O)C1(COc2ncc(Br)cn2)CCCCC1. The molecule has 0 N–H and O–H groups in total. The van der Waals surface area contributed by atoms with Gasteiger partial charge >= 0.3 is 12.0 Å². The van der Waals surface area contributed by atoms with Gasteiger partial charge in [0.2, 0.25) is 0 Å². The van der Waals surface area contributed by atoms with E-state index in [0.29, 0.717) is 12.6 Å². The van der Waals surface area contributed by atoms with E-state index >= 15 is 0 Å². The molecule has 6 heteroatoms. The fourth-order valence-electron chi connectivity index (χ4n) is 2.50. The largest absolute Gasteiger partial charge is 0.465 e. The molecule has 0 spiro atoms. The van der Waals surface area contributed by atoms with Crippen molar-refractivity contribution in [3.63, 3.8) is 0 Å². The Bertz CT molecular complexity index is 444. The van der Waals surface area contributed by atoms with Gasteiger partial charge in [0, 0.05) is 12.4 Å². The number of esters is 1. The molecule has 0 radical (unpaired) electrons. The van der Waals surface area contributed by atoms with Crippen molar-refractivity contribution in [1.82, 2.24) is 9.97 Å². The fraction of sp³-hybridized carbons (Fsp3) is 0.643. The molecule has 1 saturated carbocycles. The van der Waals surface area contributed by atoms with Crippen molar-refractivity contribution >= 4 is 21.9 Å². The van der Waals surface area contributed by atoms with Crippen molar-refractivity contribution in [2.75, 3.05) is 13.2 Å². The summed E-state index contributed by atoms with van der Waals surface area (Å²) in [4.78, 5) is 20.4. The lowest BCUT2D eigenvalue weighted by atomic mass is 9.74. The molecule has 1 aromatic heterocycles. The van der Waals surface area contributed by atoms with E-state index < -0.39 is 5.41 Å². The maximum atomic E-state index is 12.2. The minimum Gasteiger partial charge on any atom is -0.465 e. The average molecular weight is 343 g/mol. The second-order valence-electron chi connectivity index (χ2n) is 5.03. The van der Waals surface area contributed by atoms with E-state index in [1.165, 1.54) is 0 Å². The molecule has 0 saturated heterocycles. The number of carbonyl (C=O) groups excluding carboxylic acids is 1. The van der Waals surface area contributed by atoms with Crippen LogP contribution >= 0.6 is 15.9 Å². The maximum absolute atomic E-state index is 12.2. The number of aromatic nitrogens is 2. The van der Waals surface area contributed by atoms with Gasteiger partial charge in [0.25, 0.3) is 0 Å². The summed E-state index contributed by atoms with van der Waals surface area (Å²) in [5.41, 5.74) is -0.537. The molecule has 0 unspecified atom stereocenters. The van der Waals surface area contributed by atoms with E-state index in [0.717, 1.165) is 36.6 Å². The molecule has 0 aromatic carbocycles. The summed E-state index contributed by atoms with van der Waals surface area (Å²) in [5, 5.41) is 0. The van der Waals surface area contributed by atoms with Crippen molar-refractivity contribution in [2.24, 2.45) is 5.41 Å². The molecule has 0 amide bonds. The number of hydrogen-bond donors (Lipinski definition) is 0. The quantitative estimate of drug-likeness (QED) is 0.769. The topological polar surface area (TPSA) is 61.3 Å². The predicted molar refractivity (Wildman–Crippen MR) is 77.4 cm³/mol. The molecule has 1 aromatic rings. The molecule has 2 rings (SSSR count). The van der Waals surface area contributed by atoms with Crippen LogP contribution in [0.2, 0.25) is 0 Å². The Morgan fingerprint density at radius 3 is 2.55 bits per heavy atom. The first-order valence-electron chi connectivity index (χ1n) is 6.94. The van der Waals surface area contributed by atoms with Crippen LogP contribution in [0.3, 0.4) is 0 Å². The predicted octanol–water partition coefficient (Wildman–Crippen LogP) is 3.13. The monoisotopic (exact) mass is 342 g/mol. The van der Waals surface area contributed by atoms with Crippen molar-refractivity contribution in [1.29, 1.82) is 0 Å². The maximum Gasteiger partial charge on any atom is 0.316 e. The Hall–Kier alpha value is -1.17. The summed E-state index contributed by atoms with van der Waals surface area (Å²) < 4.78 is 11.6. The standard InChI is InChI=1S/C14H19BrN2O3/c1-2-19-12(18)14(6-4-3-5-7-14)10-20-13-16-8-11(15)9-17-13/h8-9H,2-7,10H2,1H3. The van der Waals surface area contributed by atoms with Gasteiger partial charge in [-0.25, -0.2) is 9.97 Å². The highest BCUT2D eigenvalue weighted by atomic mass is 79.9. The third kappa shape index (κ3) is 3.69. The number of halogens is 1. The van der Waals surface area contributed by atoms with E-state index in [1.54, 1.807) is 12.4 Å². The zero-order chi connectivity index (χ0) is 14.4. The zero-order valence-electron chi connectivity index (χ0n) is 11.6. The summed E-state index contributed by atoms with van der Waals surface area (Å²) in [6, 6.07) is 0.294. The van der Waals surface area contributed by atoms with Gasteiger partial charge in [-0.2, -0.15) is 0 Å². The number of nitrogens with zero attached hydrogens (tertiary/aromatic N) is 2. The molecule has 110 valence electrons. The first-order chi connectivity index (χ1) is 9.66. The van der Waals surface area contributed by atoms with Gasteiger partial charge in [-0.15, -0.1) is 0 Å². The third-order valence-corrected chi connectivity index (χ3v) is 4.00. The highest BCUT2D eigenvalue weighted by molar-refractivity contribution is 9.10. The molecule has 1 fully saturated rings. The second kappa shape index (κ2) is 7.02. The highest BCUT2D eigenvalue weighted by Gasteiger charge is 2.42. The van der Waals surface area contributed by atoms with E-state index in [-0.39, 0.29) is 12.6 Å². The van der Waals surface area contributed by atoms with Gasteiger partial charge in [0.1, 0.15) is 12.0 Å². The van der Waals surface area contributed by atoms with E-state index in [4.69, 9.17) is 9.47 Å². The second-order valence-corrected chi connectivity index (χ2v) is 5.95. The summed E-state index contributed by atoms with van der Waals surface area (Å²) in [6.07, 6.45) is 8.09. The van der Waals surface area contributed by atoms with Crippen LogP contribution in [0, 0.1) is 5.41 Å². The summed E-state index contributed by atoms with van der Waals surface area (Å²) >= 11 is 3.27. The highest BCUT2D eigenvalue weighted by Crippen LogP contribution is 2.37. The molecule has 5 nitrogen and oxygen atoms in total. The van der Waals surface area contributed by atoms with E-state index in [2.05, 4.69) is 25.9 Å². The summed E-state index contributed by atoms with van der Waals surface area (Å²) in [6.45, 7) is 2.51. The van der Waals surface area contributed by atoms with Crippen LogP contribution in [0.15, 0.2) is 16.9 Å². The Kier molecular flexibility index (Phi) is 5.34. The Balaban J connectivity index is 2.03. The van der Waals surface area contributed by atoms with Crippen LogP contribution in [-0.4, -0.2) is 29.2 Å². The number of carbonyl (C=O) groups is 1. The van der Waals surface area contributed by atoms with Gasteiger partial charge in [-0.1, -0.05) is 19.3 Å². The molecular formula is C14H19BrN2O3. The molecule has 1 aliphatic rings. The Labute approximate surface area is 127 Å². The van der Waals surface area contributed by atoms with Crippen molar-refractivity contribution in [3.05, 3.63) is 16.9 Å². The average Bonchev–Trinajstić information content (AvgIpc) is 2.48. The molecule has 0 aliphatic heterocycles. The van der Waals surface area contributed by atoms with Crippen LogP contribution in [0.1, 0.15) is 39.0 Å². The van der Waals surface area contributed by atoms with Crippen LogP contribution in [0.4, 0.5) is 0 Å². The molecule has 20 heavy (non-hydrogen) atoms. The van der Waals surface area contributed by atoms with E-state index in [9.17, 15) is 4.79 Å². The van der Waals surface area contributed by atoms with Crippen LogP contribution in [-0.2, 0) is 9.53 Å². The lowest BCUT2D eigenvalue weighted by molar-refractivity contribution is -0.160. The molecule has 1 aliphatic carbocycles. The third-order valence-electron chi connectivity index (χ3n) is 3.59. The van der Waals surface area contributed by atoms with Gasteiger partial charge in [-0.05, 0) is 35.7 Å². The zero-order valence-corrected chi connectivity index (χ0v) is 13.2. The van der Waals surface area contributed by atoms with Crippen molar-refractivity contribution < 1.29 is 14.3 Å². The summed E-state index contributed by atoms with van der Waals surface area (Å²) in [5.74, 6) is -0.156. The molecule has 1 heterocycles. The van der Waals surface area contributed by atoms with Crippen molar-refractivity contribution in [2.45, 2.75) is 39.0 Å². The lowest BCUT2D eigenvalue weighted by Crippen LogP contribution is -2.40. The molecular weight excluding hydrogens is 324 g/mol. The van der Waals surface area contributed by atoms with Crippen LogP contribution < -0.4 is 4.74 Å². The minimum atomic E-state index is -0.537. The lowest BCUT2D eigenvalue weighted by Gasteiger charge is -2.34. The number of hydrogen-bond acceptors (Lipinski definition) is 5. The first-order valence-corrected chi connectivity index (χ1v) is 7.73. The fourth-order valence-corrected chi connectivity index (χ4v) is 2.70. The first kappa shape index (κ1) is 15.2. The Morgan fingerprint density at radius 1 is 1.30 bits per heavy atom. The Morgan fingerprint density at radius 2 is 1.95 bits per heavy atom. The van der Waals surface area contributed by atoms with Gasteiger partial charge in [0.05, 0.1) is 11.1 Å². The van der Waals surface area contributed by atoms with Gasteiger partial charge < -0.3 is 9.47 Å².